The molecular weight excluding hydrogens is 254 g/mol. The molecular formula is C20H21N. The van der Waals surface area contributed by atoms with Gasteiger partial charge in [0.2, 0.25) is 0 Å². The van der Waals surface area contributed by atoms with E-state index in [9.17, 15) is 0 Å². The molecule has 0 radical (unpaired) electrons. The molecule has 0 unspecified atom stereocenters. The van der Waals surface area contributed by atoms with Crippen molar-refractivity contribution >= 4 is 35.2 Å². The predicted molar refractivity (Wildman–Crippen MR) is 94.3 cm³/mol. The first kappa shape index (κ1) is 14.9. The topological polar surface area (TPSA) is 4.93 Å². The summed E-state index contributed by atoms with van der Waals surface area (Å²) in [5, 5.41) is 3.70. The van der Waals surface area contributed by atoms with Crippen LogP contribution in [0.4, 0.5) is 0 Å². The lowest BCUT2D eigenvalue weighted by atomic mass is 10.0. The molecule has 2 aromatic rings. The number of aryl methyl sites for hydroxylation is 1. The second kappa shape index (κ2) is 6.33. The lowest BCUT2D eigenvalue weighted by Crippen LogP contribution is -2.26. The Bertz CT molecular complexity index is 907. The van der Waals surface area contributed by atoms with Gasteiger partial charge in [-0.3, -0.25) is 0 Å². The van der Waals surface area contributed by atoms with Gasteiger partial charge in [0, 0.05) is 28.5 Å². The highest BCUT2D eigenvalue weighted by atomic mass is 14.9. The van der Waals surface area contributed by atoms with Crippen molar-refractivity contribution < 1.29 is 0 Å². The smallest absolute Gasteiger partial charge is 0.0495 e. The van der Waals surface area contributed by atoms with Gasteiger partial charge < -0.3 is 4.57 Å². The second-order valence-electron chi connectivity index (χ2n) is 4.62. The highest BCUT2D eigenvalue weighted by Gasteiger charge is 2.08. The summed E-state index contributed by atoms with van der Waals surface area (Å²) in [6.07, 6.45) is 10.0. The van der Waals surface area contributed by atoms with E-state index in [1.807, 2.05) is 32.1 Å². The van der Waals surface area contributed by atoms with E-state index in [4.69, 9.17) is 0 Å². The number of allylic oxidation sites excluding steroid dienone is 1. The summed E-state index contributed by atoms with van der Waals surface area (Å²) in [7, 11) is 2.10. The Morgan fingerprint density at radius 1 is 1.10 bits per heavy atom. The molecule has 0 N–H and O–H groups in total. The van der Waals surface area contributed by atoms with Gasteiger partial charge in [-0.25, -0.2) is 0 Å². The molecule has 1 aliphatic rings. The van der Waals surface area contributed by atoms with Crippen molar-refractivity contribution in [2.45, 2.75) is 20.8 Å². The summed E-state index contributed by atoms with van der Waals surface area (Å²) < 4.78 is 2.22. The molecule has 0 saturated heterocycles. The molecule has 1 nitrogen and oxygen atoms in total. The van der Waals surface area contributed by atoms with Gasteiger partial charge in [0.15, 0.2) is 0 Å². The van der Waals surface area contributed by atoms with Gasteiger partial charge >= 0.3 is 0 Å². The molecule has 0 aliphatic heterocycles. The molecule has 1 heteroatoms. The van der Waals surface area contributed by atoms with Crippen molar-refractivity contribution in [3.8, 4) is 0 Å². The fourth-order valence-corrected chi connectivity index (χ4v) is 2.69. The minimum Gasteiger partial charge on any atom is -0.344 e. The summed E-state index contributed by atoms with van der Waals surface area (Å²) >= 11 is 0. The van der Waals surface area contributed by atoms with Crippen LogP contribution in [0.15, 0.2) is 36.3 Å². The lowest BCUT2D eigenvalue weighted by molar-refractivity contribution is 0.924. The Labute approximate surface area is 126 Å². The molecule has 0 spiro atoms. The Hall–Kier alpha value is -2.46. The summed E-state index contributed by atoms with van der Waals surface area (Å²) in [6.45, 7) is 9.89. The van der Waals surface area contributed by atoms with Gasteiger partial charge in [-0.15, -0.1) is 0 Å². The van der Waals surface area contributed by atoms with Crippen LogP contribution >= 0.6 is 0 Å². The van der Waals surface area contributed by atoms with E-state index in [0.29, 0.717) is 0 Å². The van der Waals surface area contributed by atoms with Gasteiger partial charge in [0.05, 0.1) is 0 Å². The number of fused-ring (bicyclic) bond motifs is 2. The zero-order valence-electron chi connectivity index (χ0n) is 13.2. The standard InChI is InChI=1S/C18H15N.C2H6/c1-4-8-15-16-11-13-9-6-7-10-14(13)12-18(16)19(3)17(15)5-2;1-2/h4-5,8-12H,1H2,2-3H3;1-2H3/b15-8-,17-5+;. The predicted octanol–water partition coefficient (Wildman–Crippen LogP) is 3.77. The van der Waals surface area contributed by atoms with Crippen LogP contribution < -0.4 is 10.6 Å². The quantitative estimate of drug-likeness (QED) is 0.596. The van der Waals surface area contributed by atoms with E-state index in [0.717, 1.165) is 0 Å². The zero-order chi connectivity index (χ0) is 15.4. The fraction of sp³-hybridized carbons (Fsp3) is 0.200. The van der Waals surface area contributed by atoms with E-state index in [-0.39, 0.29) is 0 Å². The Balaban J connectivity index is 0.000000774. The summed E-state index contributed by atoms with van der Waals surface area (Å²) in [5.74, 6) is 0. The first-order chi connectivity index (χ1) is 10.3. The largest absolute Gasteiger partial charge is 0.344 e. The molecule has 3 rings (SSSR count). The van der Waals surface area contributed by atoms with E-state index >= 15 is 0 Å². The van der Waals surface area contributed by atoms with Gasteiger partial charge in [-0.2, -0.15) is 0 Å². The number of rotatable bonds is 1. The van der Waals surface area contributed by atoms with Crippen molar-refractivity contribution in [3.05, 3.63) is 57.9 Å². The van der Waals surface area contributed by atoms with E-state index in [1.165, 1.54) is 32.6 Å². The Morgan fingerprint density at radius 3 is 2.29 bits per heavy atom. The number of nitrogens with zero attached hydrogens (tertiary/aromatic N) is 1. The molecule has 0 atom stereocenters. The van der Waals surface area contributed by atoms with E-state index in [1.54, 1.807) is 0 Å². The zero-order valence-corrected chi connectivity index (χ0v) is 13.2. The molecule has 1 aliphatic carbocycles. The van der Waals surface area contributed by atoms with Crippen LogP contribution in [0.1, 0.15) is 31.9 Å². The number of benzene rings is 1. The number of aromatic nitrogens is 1. The monoisotopic (exact) mass is 275 g/mol. The maximum absolute atomic E-state index is 3.82. The maximum Gasteiger partial charge on any atom is 0.0495 e. The highest BCUT2D eigenvalue weighted by Crippen LogP contribution is 2.20. The SMILES string of the molecule is C=C/C=c1\c(=C/C)n(C)c2cc3c(cc12)C=C=C=C3.CC. The summed E-state index contributed by atoms with van der Waals surface area (Å²) in [4.78, 5) is 0. The third-order valence-corrected chi connectivity index (χ3v) is 3.59. The molecule has 0 fully saturated rings. The van der Waals surface area contributed by atoms with E-state index in [2.05, 4.69) is 60.9 Å². The average Bonchev–Trinajstić information content (AvgIpc) is 2.79. The Morgan fingerprint density at radius 2 is 1.71 bits per heavy atom. The molecule has 0 bridgehead atoms. The van der Waals surface area contributed by atoms with Crippen molar-refractivity contribution in [1.82, 2.24) is 4.57 Å². The normalized spacial score (nSPS) is 13.3. The fourth-order valence-electron chi connectivity index (χ4n) is 2.69. The van der Waals surface area contributed by atoms with Gasteiger partial charge in [-0.05, 0) is 42.3 Å². The van der Waals surface area contributed by atoms with Crippen molar-refractivity contribution in [2.75, 3.05) is 0 Å². The van der Waals surface area contributed by atoms with E-state index < -0.39 is 0 Å². The molecule has 1 aromatic heterocycles. The third-order valence-electron chi connectivity index (χ3n) is 3.59. The van der Waals surface area contributed by atoms with Gasteiger partial charge in [0.25, 0.3) is 0 Å². The van der Waals surface area contributed by atoms with Crippen molar-refractivity contribution in [2.24, 2.45) is 7.05 Å². The first-order valence-electron chi connectivity index (χ1n) is 7.35. The van der Waals surface area contributed by atoms with Crippen LogP contribution in [0.2, 0.25) is 0 Å². The third kappa shape index (κ3) is 2.45. The van der Waals surface area contributed by atoms with Gasteiger partial charge in [-0.1, -0.05) is 50.1 Å². The molecule has 1 heterocycles. The Kier molecular flexibility index (Phi) is 4.50. The van der Waals surface area contributed by atoms with Crippen molar-refractivity contribution in [1.29, 1.82) is 0 Å². The minimum atomic E-state index is 1.19. The van der Waals surface area contributed by atoms with Crippen LogP contribution in [0.5, 0.6) is 0 Å². The molecule has 0 amide bonds. The van der Waals surface area contributed by atoms with Crippen LogP contribution in [0.3, 0.4) is 0 Å². The lowest BCUT2D eigenvalue weighted by Gasteiger charge is -2.04. The highest BCUT2D eigenvalue weighted by molar-refractivity contribution is 5.89. The van der Waals surface area contributed by atoms with Crippen LogP contribution in [-0.4, -0.2) is 4.57 Å². The van der Waals surface area contributed by atoms with Gasteiger partial charge in [0.1, 0.15) is 0 Å². The van der Waals surface area contributed by atoms with Crippen molar-refractivity contribution in [3.63, 3.8) is 0 Å². The van der Waals surface area contributed by atoms with Crippen LogP contribution in [-0.2, 0) is 7.05 Å². The minimum absolute atomic E-state index is 1.19. The van der Waals surface area contributed by atoms with Crippen LogP contribution in [0, 0.1) is 0 Å². The molecule has 0 saturated carbocycles. The summed E-state index contributed by atoms with van der Waals surface area (Å²) in [5.41, 5.74) is 9.65. The molecule has 21 heavy (non-hydrogen) atoms. The summed E-state index contributed by atoms with van der Waals surface area (Å²) in [6, 6.07) is 4.43. The number of hydrogen-bond donors (Lipinski definition) is 0. The molecule has 1 aromatic carbocycles. The average molecular weight is 275 g/mol. The maximum atomic E-state index is 3.82. The molecule has 106 valence electrons. The number of hydrogen-bond acceptors (Lipinski definition) is 0. The first-order valence-corrected chi connectivity index (χ1v) is 7.35. The second-order valence-corrected chi connectivity index (χ2v) is 4.62. The van der Waals surface area contributed by atoms with Crippen LogP contribution in [0.25, 0.3) is 35.2 Å².